The minimum atomic E-state index is -1.68. The van der Waals surface area contributed by atoms with Crippen LogP contribution >= 0.6 is 0 Å². The van der Waals surface area contributed by atoms with E-state index in [1.165, 1.54) is 0 Å². The van der Waals surface area contributed by atoms with Gasteiger partial charge in [-0.05, 0) is 11.8 Å². The molecule has 0 aromatic rings. The number of carbonyl (C=O) groups is 2. The van der Waals surface area contributed by atoms with E-state index in [1.54, 1.807) is 20.8 Å². The second-order valence-electron chi connectivity index (χ2n) is 5.93. The van der Waals surface area contributed by atoms with E-state index in [1.807, 2.05) is 0 Å². The van der Waals surface area contributed by atoms with Crippen molar-refractivity contribution in [1.29, 1.82) is 0 Å². The number of hydrogen-bond acceptors (Lipinski definition) is 2. The summed E-state index contributed by atoms with van der Waals surface area (Å²) in [6, 6.07) is 0. The molecule has 0 aliphatic rings. The van der Waals surface area contributed by atoms with Crippen LogP contribution < -0.4 is 0 Å². The molecule has 19 heavy (non-hydrogen) atoms. The van der Waals surface area contributed by atoms with Gasteiger partial charge in [0, 0.05) is 0 Å². The molecule has 0 heterocycles. The van der Waals surface area contributed by atoms with E-state index < -0.39 is 22.8 Å². The fourth-order valence-corrected chi connectivity index (χ4v) is 2.32. The van der Waals surface area contributed by atoms with Crippen molar-refractivity contribution in [3.63, 3.8) is 0 Å². The Balaban J connectivity index is 0. The maximum atomic E-state index is 11.4. The maximum absolute atomic E-state index is 11.4. The van der Waals surface area contributed by atoms with Crippen LogP contribution in [0.2, 0.25) is 0 Å². The van der Waals surface area contributed by atoms with E-state index in [4.69, 9.17) is 0 Å². The summed E-state index contributed by atoms with van der Waals surface area (Å²) in [5.74, 6) is -2.45. The zero-order valence-electron chi connectivity index (χ0n) is 12.0. The average Bonchev–Trinajstić information content (AvgIpc) is 2.20. The number of aliphatic carboxylic acids is 2. The Morgan fingerprint density at radius 2 is 1.32 bits per heavy atom. The van der Waals surface area contributed by atoms with Gasteiger partial charge in [-0.3, -0.25) is 9.59 Å². The molecular weight excluding hydrogens is 272 g/mol. The Hall–Kier alpha value is 0.200. The quantitative estimate of drug-likeness (QED) is 0.410. The van der Waals surface area contributed by atoms with E-state index in [0.717, 1.165) is 25.7 Å². The van der Waals surface area contributed by atoms with Gasteiger partial charge in [-0.25, -0.2) is 0 Å². The third-order valence-corrected chi connectivity index (χ3v) is 3.67. The van der Waals surface area contributed by atoms with E-state index in [9.17, 15) is 19.8 Å². The van der Waals surface area contributed by atoms with E-state index in [0.29, 0.717) is 6.42 Å². The van der Waals surface area contributed by atoms with Crippen LogP contribution in [0.25, 0.3) is 0 Å². The summed E-state index contributed by atoms with van der Waals surface area (Å²) >= 11 is 0. The van der Waals surface area contributed by atoms with Crippen molar-refractivity contribution >= 4 is 49.7 Å². The zero-order chi connectivity index (χ0) is 14.4. The molecule has 0 unspecified atom stereocenters. The molecule has 0 bridgehead atoms. The van der Waals surface area contributed by atoms with Crippen molar-refractivity contribution in [2.24, 2.45) is 10.8 Å². The van der Waals surface area contributed by atoms with Crippen LogP contribution in [0, 0.1) is 10.8 Å². The first-order valence-corrected chi connectivity index (χ1v) is 6.67. The van der Waals surface area contributed by atoms with Gasteiger partial charge in [-0.1, -0.05) is 59.8 Å². The van der Waals surface area contributed by atoms with Crippen LogP contribution in [0.1, 0.15) is 66.2 Å². The van der Waals surface area contributed by atoms with Gasteiger partial charge in [-0.2, -0.15) is 0 Å². The van der Waals surface area contributed by atoms with Crippen LogP contribution in [0.15, 0.2) is 0 Å². The fourth-order valence-electron chi connectivity index (χ4n) is 2.32. The van der Waals surface area contributed by atoms with E-state index >= 15 is 0 Å². The van der Waals surface area contributed by atoms with Gasteiger partial charge in [0.25, 0.3) is 0 Å². The van der Waals surface area contributed by atoms with Crippen molar-refractivity contribution in [2.75, 3.05) is 0 Å². The molecule has 0 fully saturated rings. The van der Waals surface area contributed by atoms with E-state index in [2.05, 4.69) is 6.92 Å². The van der Waals surface area contributed by atoms with Crippen molar-refractivity contribution in [3.8, 4) is 0 Å². The number of hydrogen-bond donors (Lipinski definition) is 2. The van der Waals surface area contributed by atoms with Gasteiger partial charge in [0.1, 0.15) is 0 Å². The molecule has 0 aromatic carbocycles. The van der Waals surface area contributed by atoms with Crippen molar-refractivity contribution in [1.82, 2.24) is 0 Å². The molecule has 110 valence electrons. The van der Waals surface area contributed by atoms with Gasteiger partial charge >= 0.3 is 49.7 Å². The second-order valence-corrected chi connectivity index (χ2v) is 5.93. The molecule has 0 saturated carbocycles. The Morgan fingerprint density at radius 3 is 1.63 bits per heavy atom. The second kappa shape index (κ2) is 9.19. The molecule has 2 N–H and O–H groups in total. The van der Waals surface area contributed by atoms with Gasteiger partial charge in [0.05, 0.1) is 0 Å². The molecule has 5 heteroatoms. The predicted octanol–water partition coefficient (Wildman–Crippen LogP) is 2.63. The van der Waals surface area contributed by atoms with Crippen LogP contribution in [-0.2, 0) is 9.59 Å². The topological polar surface area (TPSA) is 74.6 Å². The van der Waals surface area contributed by atoms with Crippen molar-refractivity contribution in [2.45, 2.75) is 66.2 Å². The number of carboxylic acids is 2. The standard InChI is InChI=1S/C14H26O4.Ca.2H/c1-5-6-7-8-9-10-14(11(15)16,12(17)18)13(2,3)4;;;/h5-10H2,1-4H3,(H,15,16)(H,17,18);;;. The van der Waals surface area contributed by atoms with Crippen LogP contribution in [-0.4, -0.2) is 59.9 Å². The molecule has 4 nitrogen and oxygen atoms in total. The minimum absolute atomic E-state index is 0. The molecule has 0 spiro atoms. The summed E-state index contributed by atoms with van der Waals surface area (Å²) in [6.45, 7) is 7.15. The SMILES string of the molecule is CCCCCCCC(C(=O)O)(C(=O)O)C(C)(C)C.[CaH2]. The zero-order valence-corrected chi connectivity index (χ0v) is 12.0. The summed E-state index contributed by atoms with van der Waals surface area (Å²) in [6.07, 6.45) is 5.01. The Morgan fingerprint density at radius 1 is 0.895 bits per heavy atom. The third kappa shape index (κ3) is 5.60. The Bertz CT molecular complexity index is 280. The summed E-state index contributed by atoms with van der Waals surface area (Å²) in [4.78, 5) is 22.9. The Kier molecular flexibility index (Phi) is 10.4. The molecule has 0 aliphatic carbocycles. The van der Waals surface area contributed by atoms with Crippen LogP contribution in [0.4, 0.5) is 0 Å². The third-order valence-electron chi connectivity index (χ3n) is 3.67. The molecule has 0 aliphatic heterocycles. The van der Waals surface area contributed by atoms with Gasteiger partial charge in [0.2, 0.25) is 0 Å². The molecule has 0 amide bonds. The van der Waals surface area contributed by atoms with Crippen LogP contribution in [0.3, 0.4) is 0 Å². The molecular formula is C14H28CaO4. The summed E-state index contributed by atoms with van der Waals surface area (Å²) in [5, 5.41) is 18.7. The first kappa shape index (κ1) is 21.5. The average molecular weight is 300 g/mol. The molecule has 0 radical (unpaired) electrons. The number of unbranched alkanes of at least 4 members (excludes halogenated alkanes) is 4. The normalized spacial score (nSPS) is 11.8. The predicted molar refractivity (Wildman–Crippen MR) is 79.1 cm³/mol. The number of carboxylic acid groups (broad SMARTS) is 2. The van der Waals surface area contributed by atoms with Gasteiger partial charge < -0.3 is 10.2 Å². The van der Waals surface area contributed by atoms with Crippen LogP contribution in [0.5, 0.6) is 0 Å². The van der Waals surface area contributed by atoms with Crippen molar-refractivity contribution < 1.29 is 19.8 Å². The van der Waals surface area contributed by atoms with Gasteiger partial charge in [0.15, 0.2) is 5.41 Å². The molecule has 0 atom stereocenters. The molecule has 0 aromatic heterocycles. The first-order chi connectivity index (χ1) is 8.20. The summed E-state index contributed by atoms with van der Waals surface area (Å²) in [5.41, 5.74) is -2.48. The first-order valence-electron chi connectivity index (χ1n) is 6.67. The van der Waals surface area contributed by atoms with Crippen molar-refractivity contribution in [3.05, 3.63) is 0 Å². The summed E-state index contributed by atoms with van der Waals surface area (Å²) in [7, 11) is 0. The van der Waals surface area contributed by atoms with Gasteiger partial charge in [-0.15, -0.1) is 0 Å². The van der Waals surface area contributed by atoms with E-state index in [-0.39, 0.29) is 44.2 Å². The molecule has 0 saturated heterocycles. The summed E-state index contributed by atoms with van der Waals surface area (Å²) < 4.78 is 0. The Labute approximate surface area is 146 Å². The number of rotatable bonds is 8. The molecule has 0 rings (SSSR count). The fraction of sp³-hybridized carbons (Fsp3) is 0.857. The monoisotopic (exact) mass is 300 g/mol.